The van der Waals surface area contributed by atoms with Gasteiger partial charge in [0.15, 0.2) is 5.13 Å². The molecule has 0 amide bonds. The maximum Gasteiger partial charge on any atom is 0.183 e. The summed E-state index contributed by atoms with van der Waals surface area (Å²) in [5, 5.41) is 8.14. The van der Waals surface area contributed by atoms with Crippen molar-refractivity contribution in [2.45, 2.75) is 31.8 Å². The monoisotopic (exact) mass is 299 g/mol. The Bertz CT molecular complexity index is 490. The van der Waals surface area contributed by atoms with Crippen LogP contribution in [0.2, 0.25) is 0 Å². The molecule has 1 N–H and O–H groups in total. The van der Waals surface area contributed by atoms with Crippen molar-refractivity contribution in [3.05, 3.63) is 16.6 Å². The molecule has 0 atom stereocenters. The lowest BCUT2D eigenvalue weighted by Crippen LogP contribution is -1.94. The molecule has 2 aromatic rings. The van der Waals surface area contributed by atoms with Crippen molar-refractivity contribution in [1.29, 1.82) is 0 Å². The topological polar surface area (TPSA) is 37.8 Å². The largest absolute Gasteiger partial charge is 0.362 e. The smallest absolute Gasteiger partial charge is 0.183 e. The number of rotatable bonds is 6. The third-order valence-corrected chi connectivity index (χ3v) is 5.29. The summed E-state index contributed by atoms with van der Waals surface area (Å²) < 4.78 is 0. The molecule has 0 aliphatic carbocycles. The lowest BCUT2D eigenvalue weighted by molar-refractivity contribution is 1.10. The lowest BCUT2D eigenvalue weighted by atomic mass is 10.4. The normalized spacial score (nSPS) is 11.1. The maximum atomic E-state index is 4.55. The van der Waals surface area contributed by atoms with Crippen LogP contribution in [-0.2, 0) is 5.75 Å². The van der Waals surface area contributed by atoms with E-state index in [0.717, 1.165) is 28.0 Å². The standard InChI is InChI=1S/C12H17N3S3/c1-4-13-12-15-9(6-17-12)10-5-14-11(18-10)7-16-8(2)3/h5-6,8H,4,7H2,1-3H3,(H,13,15). The van der Waals surface area contributed by atoms with Gasteiger partial charge in [-0.3, -0.25) is 0 Å². The molecule has 0 aromatic carbocycles. The molecular weight excluding hydrogens is 282 g/mol. The van der Waals surface area contributed by atoms with E-state index < -0.39 is 0 Å². The number of nitrogens with one attached hydrogen (secondary N) is 1. The Hall–Kier alpha value is -0.590. The van der Waals surface area contributed by atoms with Crippen LogP contribution in [0.5, 0.6) is 0 Å². The van der Waals surface area contributed by atoms with Crippen LogP contribution in [0, 0.1) is 0 Å². The van der Waals surface area contributed by atoms with E-state index in [4.69, 9.17) is 0 Å². The second-order valence-corrected chi connectivity index (χ2v) is 7.58. The van der Waals surface area contributed by atoms with Crippen molar-refractivity contribution >= 4 is 39.6 Å². The highest BCUT2D eigenvalue weighted by molar-refractivity contribution is 7.99. The van der Waals surface area contributed by atoms with E-state index >= 15 is 0 Å². The average Bonchev–Trinajstić information content (AvgIpc) is 2.94. The van der Waals surface area contributed by atoms with Gasteiger partial charge in [-0.05, 0) is 12.2 Å². The summed E-state index contributed by atoms with van der Waals surface area (Å²) in [5.74, 6) is 0.993. The van der Waals surface area contributed by atoms with Crippen molar-refractivity contribution in [2.24, 2.45) is 0 Å². The molecule has 0 spiro atoms. The first-order valence-electron chi connectivity index (χ1n) is 5.95. The minimum Gasteiger partial charge on any atom is -0.362 e. The number of anilines is 1. The summed E-state index contributed by atoms with van der Waals surface area (Å²) in [7, 11) is 0. The third-order valence-electron chi connectivity index (χ3n) is 2.18. The molecule has 6 heteroatoms. The van der Waals surface area contributed by atoms with Crippen molar-refractivity contribution < 1.29 is 0 Å². The Labute approximate surface area is 120 Å². The first kappa shape index (κ1) is 13.8. The fourth-order valence-corrected chi connectivity index (χ4v) is 3.87. The number of thiazole rings is 2. The predicted octanol–water partition coefficient (Wildman–Crippen LogP) is 4.34. The lowest BCUT2D eigenvalue weighted by Gasteiger charge is -2.00. The van der Waals surface area contributed by atoms with Crippen LogP contribution in [0.3, 0.4) is 0 Å². The van der Waals surface area contributed by atoms with E-state index in [0.29, 0.717) is 5.25 Å². The maximum absolute atomic E-state index is 4.55. The first-order valence-corrected chi connectivity index (χ1v) is 8.69. The summed E-state index contributed by atoms with van der Waals surface area (Å²) in [6.07, 6.45) is 1.94. The highest BCUT2D eigenvalue weighted by atomic mass is 32.2. The third kappa shape index (κ3) is 3.70. The van der Waals surface area contributed by atoms with E-state index in [1.54, 1.807) is 22.7 Å². The van der Waals surface area contributed by atoms with Crippen LogP contribution in [0.25, 0.3) is 10.6 Å². The zero-order chi connectivity index (χ0) is 13.0. The van der Waals surface area contributed by atoms with Crippen LogP contribution in [0.15, 0.2) is 11.6 Å². The minimum absolute atomic E-state index is 0.650. The number of thioether (sulfide) groups is 1. The Morgan fingerprint density at radius 1 is 1.44 bits per heavy atom. The van der Waals surface area contributed by atoms with E-state index in [2.05, 4.69) is 41.4 Å². The van der Waals surface area contributed by atoms with Crippen LogP contribution in [0.1, 0.15) is 25.8 Å². The quantitative estimate of drug-likeness (QED) is 0.861. The molecule has 18 heavy (non-hydrogen) atoms. The van der Waals surface area contributed by atoms with Gasteiger partial charge in [0.05, 0.1) is 10.6 Å². The van der Waals surface area contributed by atoms with Gasteiger partial charge in [0.1, 0.15) is 5.01 Å². The molecule has 0 unspecified atom stereocenters. The molecule has 0 aliphatic heterocycles. The van der Waals surface area contributed by atoms with Gasteiger partial charge in [-0.2, -0.15) is 11.8 Å². The Morgan fingerprint density at radius 3 is 3.00 bits per heavy atom. The molecule has 0 bridgehead atoms. The van der Waals surface area contributed by atoms with Crippen molar-refractivity contribution in [3.63, 3.8) is 0 Å². The molecule has 98 valence electrons. The van der Waals surface area contributed by atoms with Gasteiger partial charge in [0.2, 0.25) is 0 Å². The zero-order valence-electron chi connectivity index (χ0n) is 10.8. The molecule has 0 fully saturated rings. The Balaban J connectivity index is 2.04. The van der Waals surface area contributed by atoms with Gasteiger partial charge in [-0.1, -0.05) is 13.8 Å². The van der Waals surface area contributed by atoms with Crippen molar-refractivity contribution in [1.82, 2.24) is 9.97 Å². The predicted molar refractivity (Wildman–Crippen MR) is 83.8 cm³/mol. The van der Waals surface area contributed by atoms with Gasteiger partial charge in [-0.15, -0.1) is 22.7 Å². The molecule has 0 saturated heterocycles. The van der Waals surface area contributed by atoms with Crippen LogP contribution in [-0.4, -0.2) is 21.8 Å². The van der Waals surface area contributed by atoms with Gasteiger partial charge < -0.3 is 5.32 Å². The molecular formula is C12H17N3S3. The number of hydrogen-bond acceptors (Lipinski definition) is 6. The second-order valence-electron chi connectivity index (χ2n) is 4.05. The highest BCUT2D eigenvalue weighted by Crippen LogP contribution is 2.31. The SMILES string of the molecule is CCNc1nc(-c2cnc(CSC(C)C)s2)cs1. The number of aromatic nitrogens is 2. The van der Waals surface area contributed by atoms with Gasteiger partial charge in [-0.25, -0.2) is 9.97 Å². The van der Waals surface area contributed by atoms with Crippen molar-refractivity contribution in [3.8, 4) is 10.6 Å². The van der Waals surface area contributed by atoms with E-state index in [1.165, 1.54) is 5.01 Å². The van der Waals surface area contributed by atoms with Gasteiger partial charge in [0, 0.05) is 23.9 Å². The molecule has 2 rings (SSSR count). The van der Waals surface area contributed by atoms with Crippen LogP contribution >= 0.6 is 34.4 Å². The Kier molecular flexibility index (Phi) is 5.03. The van der Waals surface area contributed by atoms with Gasteiger partial charge in [0.25, 0.3) is 0 Å². The average molecular weight is 299 g/mol. The Morgan fingerprint density at radius 2 is 2.28 bits per heavy atom. The zero-order valence-corrected chi connectivity index (χ0v) is 13.2. The molecule has 0 radical (unpaired) electrons. The number of nitrogens with zero attached hydrogens (tertiary/aromatic N) is 2. The van der Waals surface area contributed by atoms with Crippen LogP contribution in [0.4, 0.5) is 5.13 Å². The highest BCUT2D eigenvalue weighted by Gasteiger charge is 2.09. The molecule has 2 heterocycles. The molecule has 2 aromatic heterocycles. The van der Waals surface area contributed by atoms with Crippen molar-refractivity contribution in [2.75, 3.05) is 11.9 Å². The fourth-order valence-electron chi connectivity index (χ4n) is 1.35. The molecule has 3 nitrogen and oxygen atoms in total. The van der Waals surface area contributed by atoms with E-state index in [9.17, 15) is 0 Å². The van der Waals surface area contributed by atoms with Crippen LogP contribution < -0.4 is 5.32 Å². The first-order chi connectivity index (χ1) is 8.69. The molecule has 0 aliphatic rings. The van der Waals surface area contributed by atoms with E-state index in [-0.39, 0.29) is 0 Å². The minimum atomic E-state index is 0.650. The fraction of sp³-hybridized carbons (Fsp3) is 0.500. The van der Waals surface area contributed by atoms with Gasteiger partial charge >= 0.3 is 0 Å². The van der Waals surface area contributed by atoms with E-state index in [1.807, 2.05) is 18.0 Å². The molecule has 0 saturated carbocycles. The second kappa shape index (κ2) is 6.54. The summed E-state index contributed by atoms with van der Waals surface area (Å²) in [6.45, 7) is 7.41. The summed E-state index contributed by atoms with van der Waals surface area (Å²) in [5.41, 5.74) is 1.04. The summed E-state index contributed by atoms with van der Waals surface area (Å²) >= 11 is 5.32. The summed E-state index contributed by atoms with van der Waals surface area (Å²) in [6, 6.07) is 0. The summed E-state index contributed by atoms with van der Waals surface area (Å²) in [4.78, 5) is 10.2. The number of hydrogen-bond donors (Lipinski definition) is 1.